The van der Waals surface area contributed by atoms with Gasteiger partial charge in [-0.3, -0.25) is 0 Å². The van der Waals surface area contributed by atoms with Gasteiger partial charge in [-0.05, 0) is 54.0 Å². The van der Waals surface area contributed by atoms with Gasteiger partial charge in [-0.15, -0.1) is 0 Å². The Morgan fingerprint density at radius 3 is 1.84 bits per heavy atom. The molecule has 142 valence electrons. The zero-order chi connectivity index (χ0) is 20.1. The van der Waals surface area contributed by atoms with E-state index in [1.807, 2.05) is 0 Å². The third kappa shape index (κ3) is 10.1. The van der Waals surface area contributed by atoms with Crippen LogP contribution in [-0.2, 0) is 19.1 Å². The second kappa shape index (κ2) is 8.18. The summed E-state index contributed by atoms with van der Waals surface area (Å²) in [5.41, 5.74) is -2.83. The van der Waals surface area contributed by atoms with Gasteiger partial charge in [0.15, 0.2) is 5.41 Å². The van der Waals surface area contributed by atoms with Crippen LogP contribution in [0.5, 0.6) is 0 Å². The minimum atomic E-state index is -1.49. The van der Waals surface area contributed by atoms with Crippen molar-refractivity contribution < 1.29 is 19.1 Å². The van der Waals surface area contributed by atoms with Gasteiger partial charge in [0.05, 0.1) is 6.07 Å². The summed E-state index contributed by atoms with van der Waals surface area (Å²) in [5.74, 6) is -1.20. The van der Waals surface area contributed by atoms with Gasteiger partial charge in [0.1, 0.15) is 11.2 Å². The summed E-state index contributed by atoms with van der Waals surface area (Å²) in [6.45, 7) is 17.0. The first-order valence-electron chi connectivity index (χ1n) is 8.57. The van der Waals surface area contributed by atoms with Crippen molar-refractivity contribution in [3.63, 3.8) is 0 Å². The normalized spacial score (nSPS) is 15.4. The van der Waals surface area contributed by atoms with Gasteiger partial charge in [0, 0.05) is 14.1 Å². The van der Waals surface area contributed by atoms with E-state index in [1.54, 1.807) is 41.5 Å². The molecule has 0 amide bonds. The molecule has 0 N–H and O–H groups in total. The molecule has 0 radical (unpaired) electrons. The Morgan fingerprint density at radius 1 is 1.00 bits per heavy atom. The van der Waals surface area contributed by atoms with Crippen LogP contribution in [0.4, 0.5) is 0 Å². The molecule has 1 unspecified atom stereocenters. The first kappa shape index (κ1) is 23.4. The average molecular weight is 368 g/mol. The van der Waals surface area contributed by atoms with Crippen molar-refractivity contribution in [2.75, 3.05) is 0 Å². The summed E-state index contributed by atoms with van der Waals surface area (Å²) in [6, 6.07) is 2.84. The summed E-state index contributed by atoms with van der Waals surface area (Å²) in [6.07, 6.45) is 2.84. The number of carbonyl (C=O) groups excluding carboxylic acids is 2. The van der Waals surface area contributed by atoms with Crippen molar-refractivity contribution in [1.29, 1.82) is 5.26 Å². The molecule has 0 aliphatic rings. The number of nitriles is 1. The highest BCUT2D eigenvalue weighted by atomic mass is 28.3. The van der Waals surface area contributed by atoms with E-state index in [-0.39, 0.29) is 0 Å². The smallest absolute Gasteiger partial charge is 0.331 e. The lowest BCUT2D eigenvalue weighted by Crippen LogP contribution is -2.37. The van der Waals surface area contributed by atoms with E-state index < -0.39 is 36.6 Å². The Balaban J connectivity index is 5.61. The Hall–Kier alpha value is -1.61. The van der Waals surface area contributed by atoms with Gasteiger partial charge in [-0.2, -0.15) is 5.26 Å². The van der Waals surface area contributed by atoms with Crippen LogP contribution in [0.2, 0.25) is 25.7 Å². The number of ether oxygens (including phenoxy) is 2. The molecular weight excluding hydrogens is 334 g/mol. The summed E-state index contributed by atoms with van der Waals surface area (Å²) < 4.78 is 10.7. The number of hydrogen-bond acceptors (Lipinski definition) is 5. The van der Waals surface area contributed by atoms with Gasteiger partial charge >= 0.3 is 11.9 Å². The number of carbonyl (C=O) groups is 2. The van der Waals surface area contributed by atoms with E-state index in [2.05, 4.69) is 25.7 Å². The van der Waals surface area contributed by atoms with Crippen LogP contribution in [0, 0.1) is 16.7 Å². The highest BCUT2D eigenvalue weighted by Crippen LogP contribution is 2.32. The van der Waals surface area contributed by atoms with Crippen LogP contribution in [0.25, 0.3) is 0 Å². The van der Waals surface area contributed by atoms with Gasteiger partial charge in [0.2, 0.25) is 0 Å². The zero-order valence-corrected chi connectivity index (χ0v) is 18.1. The largest absolute Gasteiger partial charge is 0.459 e. The molecule has 6 heteroatoms. The molecule has 0 fully saturated rings. The number of esters is 2. The first-order chi connectivity index (χ1) is 11.0. The molecule has 0 aromatic rings. The van der Waals surface area contributed by atoms with E-state index in [4.69, 9.17) is 9.47 Å². The Kier molecular flexibility index (Phi) is 7.65. The average Bonchev–Trinajstić information content (AvgIpc) is 2.34. The summed E-state index contributed by atoms with van der Waals surface area (Å²) >= 11 is 0. The molecule has 0 aliphatic carbocycles. The Labute approximate surface area is 153 Å². The van der Waals surface area contributed by atoms with Crippen LogP contribution in [0.3, 0.4) is 0 Å². The van der Waals surface area contributed by atoms with Crippen molar-refractivity contribution in [3.05, 3.63) is 12.2 Å². The maximum Gasteiger partial charge on any atom is 0.331 e. The predicted molar refractivity (Wildman–Crippen MR) is 102 cm³/mol. The summed E-state index contributed by atoms with van der Waals surface area (Å²) in [5, 5.41) is 9.75. The van der Waals surface area contributed by atoms with Crippen LogP contribution in [0.1, 0.15) is 48.0 Å². The predicted octanol–water partition coefficient (Wildman–Crippen LogP) is 4.46. The van der Waals surface area contributed by atoms with Crippen LogP contribution < -0.4 is 0 Å². The van der Waals surface area contributed by atoms with Gasteiger partial charge in [0.25, 0.3) is 0 Å². The summed E-state index contributed by atoms with van der Waals surface area (Å²) in [7, 11) is -1.49. The quantitative estimate of drug-likeness (QED) is 0.393. The minimum absolute atomic E-state index is 0.327. The van der Waals surface area contributed by atoms with E-state index in [0.717, 1.165) is 6.04 Å². The lowest BCUT2D eigenvalue weighted by Gasteiger charge is -2.29. The van der Waals surface area contributed by atoms with Crippen LogP contribution in [0.15, 0.2) is 12.2 Å². The SMILES string of the molecule is CC(C)(C)OC(=O)/C=C\C(C#N)(CC[Si](C)(C)C)C(=O)OC(C)(C)C. The molecule has 0 heterocycles. The van der Waals surface area contributed by atoms with Crippen LogP contribution >= 0.6 is 0 Å². The fourth-order valence-corrected chi connectivity index (χ4v) is 3.02. The lowest BCUT2D eigenvalue weighted by atomic mass is 9.86. The minimum Gasteiger partial charge on any atom is -0.459 e. The Morgan fingerprint density at radius 2 is 1.48 bits per heavy atom. The number of nitrogens with zero attached hydrogens (tertiary/aromatic N) is 1. The molecule has 0 aliphatic heterocycles. The highest BCUT2D eigenvalue weighted by molar-refractivity contribution is 6.76. The molecule has 0 saturated carbocycles. The third-order valence-electron chi connectivity index (χ3n) is 3.14. The van der Waals surface area contributed by atoms with Gasteiger partial charge in [-0.1, -0.05) is 25.7 Å². The molecule has 0 bridgehead atoms. The van der Waals surface area contributed by atoms with Gasteiger partial charge < -0.3 is 9.47 Å². The summed E-state index contributed by atoms with van der Waals surface area (Å²) in [4.78, 5) is 24.7. The second-order valence-corrected chi connectivity index (χ2v) is 15.1. The van der Waals surface area contributed by atoms with E-state index in [0.29, 0.717) is 6.42 Å². The fraction of sp³-hybridized carbons (Fsp3) is 0.737. The first-order valence-corrected chi connectivity index (χ1v) is 12.3. The molecule has 1 atom stereocenters. The third-order valence-corrected chi connectivity index (χ3v) is 4.89. The fourth-order valence-electron chi connectivity index (χ4n) is 1.88. The van der Waals surface area contributed by atoms with Crippen molar-refractivity contribution in [1.82, 2.24) is 0 Å². The molecule has 25 heavy (non-hydrogen) atoms. The molecule has 0 aromatic carbocycles. The standard InChI is InChI=1S/C19H33NO4Si/c1-17(2,3)23-15(21)10-11-19(14-20,12-13-25(7,8)9)16(22)24-18(4,5)6/h10-11H,12-13H2,1-9H3/b11-10-. The second-order valence-electron chi connectivity index (χ2n) is 9.51. The van der Waals surface area contributed by atoms with Crippen molar-refractivity contribution in [2.24, 2.45) is 5.41 Å². The van der Waals surface area contributed by atoms with Crippen molar-refractivity contribution >= 4 is 20.0 Å². The monoisotopic (exact) mass is 367 g/mol. The molecule has 0 spiro atoms. The number of hydrogen-bond donors (Lipinski definition) is 0. The molecule has 0 aromatic heterocycles. The van der Waals surface area contributed by atoms with Crippen molar-refractivity contribution in [3.8, 4) is 6.07 Å². The molecule has 0 rings (SSSR count). The molecular formula is C19H33NO4Si. The van der Waals surface area contributed by atoms with Crippen molar-refractivity contribution in [2.45, 2.75) is 84.9 Å². The van der Waals surface area contributed by atoms with Gasteiger partial charge in [-0.25, -0.2) is 9.59 Å². The molecule has 0 saturated heterocycles. The zero-order valence-electron chi connectivity index (χ0n) is 17.1. The van der Waals surface area contributed by atoms with E-state index in [9.17, 15) is 14.9 Å². The maximum absolute atomic E-state index is 12.7. The van der Waals surface area contributed by atoms with E-state index in [1.165, 1.54) is 12.2 Å². The highest BCUT2D eigenvalue weighted by Gasteiger charge is 2.41. The molecule has 5 nitrogen and oxygen atoms in total. The number of rotatable bonds is 6. The Bertz CT molecular complexity index is 556. The van der Waals surface area contributed by atoms with E-state index >= 15 is 0 Å². The van der Waals surface area contributed by atoms with Crippen LogP contribution in [-0.4, -0.2) is 31.2 Å². The maximum atomic E-state index is 12.7. The lowest BCUT2D eigenvalue weighted by molar-refractivity contribution is -0.161. The topological polar surface area (TPSA) is 76.4 Å².